The molecule has 0 bridgehead atoms. The van der Waals surface area contributed by atoms with Crippen LogP contribution in [0, 0.1) is 18.5 Å². The Morgan fingerprint density at radius 2 is 1.67 bits per heavy atom. The third-order valence-corrected chi connectivity index (χ3v) is 3.21. The molecular weight excluding hydrogens is 268 g/mol. The third-order valence-electron chi connectivity index (χ3n) is 3.21. The molecule has 2 aromatic carbocycles. The number of rotatable bonds is 2. The van der Waals surface area contributed by atoms with E-state index in [0.29, 0.717) is 5.69 Å². The van der Waals surface area contributed by atoms with E-state index < -0.39 is 18.5 Å². The number of pyridine rings is 1. The summed E-state index contributed by atoms with van der Waals surface area (Å²) in [4.78, 5) is 4.20. The molecule has 104 valence electrons. The molecule has 21 heavy (non-hydrogen) atoms. The molecule has 3 rings (SSSR count). The quantitative estimate of drug-likeness (QED) is 0.645. The first-order valence-electron chi connectivity index (χ1n) is 7.88. The molecule has 0 unspecified atom stereocenters. The molecule has 0 aliphatic heterocycles. The molecule has 0 aliphatic carbocycles. The molecule has 0 amide bonds. The highest BCUT2D eigenvalue weighted by Crippen LogP contribution is 2.30. The van der Waals surface area contributed by atoms with Crippen molar-refractivity contribution in [1.82, 2.24) is 4.98 Å². The Kier molecular flexibility index (Phi) is 2.65. The Hall–Kier alpha value is -2.55. The fourth-order valence-electron chi connectivity index (χ4n) is 2.18. The number of aryl methyl sites for hydroxylation is 1. The van der Waals surface area contributed by atoms with Crippen LogP contribution in [0.2, 0.25) is 0 Å². The number of hydrogen-bond acceptors (Lipinski definition) is 1. The molecule has 0 fully saturated rings. The summed E-state index contributed by atoms with van der Waals surface area (Å²) in [6, 6.07) is 13.8. The number of benzene rings is 2. The number of halogens is 2. The summed E-state index contributed by atoms with van der Waals surface area (Å²) in [5.41, 5.74) is 0.576. The predicted molar refractivity (Wildman–Crippen MR) is 79.8 cm³/mol. The van der Waals surface area contributed by atoms with E-state index in [0.717, 1.165) is 17.7 Å². The van der Waals surface area contributed by atoms with Crippen LogP contribution in [0.3, 0.4) is 0 Å². The molecule has 0 N–H and O–H groups in total. The highest BCUT2D eigenvalue weighted by molar-refractivity contribution is 5.71. The molecule has 0 saturated heterocycles. The zero-order chi connectivity index (χ0) is 17.3. The van der Waals surface area contributed by atoms with Gasteiger partial charge in [0.1, 0.15) is 11.6 Å². The number of aromatic nitrogens is 1. The van der Waals surface area contributed by atoms with Crippen molar-refractivity contribution in [3.05, 3.63) is 78.0 Å². The van der Waals surface area contributed by atoms with Crippen molar-refractivity contribution in [2.24, 2.45) is 0 Å². The first-order chi connectivity index (χ1) is 11.4. The highest BCUT2D eigenvalue weighted by atomic mass is 19.1. The Morgan fingerprint density at radius 1 is 0.952 bits per heavy atom. The predicted octanol–water partition coefficient (Wildman–Crippen LogP) is 5.00. The highest BCUT2D eigenvalue weighted by Gasteiger charge is 2.14. The van der Waals surface area contributed by atoms with Gasteiger partial charge in [-0.15, -0.1) is 0 Å². The summed E-state index contributed by atoms with van der Waals surface area (Å²) >= 11 is 0. The molecule has 1 nitrogen and oxygen atoms in total. The van der Waals surface area contributed by atoms with Gasteiger partial charge in [0.25, 0.3) is 0 Å². The molecule has 0 aliphatic rings. The van der Waals surface area contributed by atoms with Crippen molar-refractivity contribution in [2.45, 2.75) is 6.85 Å². The van der Waals surface area contributed by atoms with Crippen LogP contribution < -0.4 is 0 Å². The summed E-state index contributed by atoms with van der Waals surface area (Å²) < 4.78 is 51.3. The lowest BCUT2D eigenvalue weighted by Gasteiger charge is -2.10. The van der Waals surface area contributed by atoms with Gasteiger partial charge in [-0.05, 0) is 30.6 Å². The normalized spacial score (nSPS) is 13.3. The van der Waals surface area contributed by atoms with Crippen LogP contribution in [0.4, 0.5) is 8.78 Å². The van der Waals surface area contributed by atoms with Gasteiger partial charge in [0.15, 0.2) is 0 Å². The number of hydrogen-bond donors (Lipinski definition) is 0. The van der Waals surface area contributed by atoms with E-state index in [1.165, 1.54) is 18.3 Å². The van der Waals surface area contributed by atoms with E-state index in [1.54, 1.807) is 24.3 Å². The molecule has 0 atom stereocenters. The van der Waals surface area contributed by atoms with Crippen LogP contribution >= 0.6 is 0 Å². The van der Waals surface area contributed by atoms with Crippen molar-refractivity contribution in [1.29, 1.82) is 0 Å². The second-order valence-electron chi connectivity index (χ2n) is 4.58. The van der Waals surface area contributed by atoms with Gasteiger partial charge in [0.2, 0.25) is 0 Å². The first-order valence-corrected chi connectivity index (χ1v) is 6.38. The lowest BCUT2D eigenvalue weighted by molar-refractivity contribution is 0.589. The van der Waals surface area contributed by atoms with Gasteiger partial charge in [-0.25, -0.2) is 8.78 Å². The topological polar surface area (TPSA) is 12.9 Å². The number of nitrogens with zero attached hydrogens (tertiary/aromatic N) is 1. The summed E-state index contributed by atoms with van der Waals surface area (Å²) in [5, 5.41) is 0. The van der Waals surface area contributed by atoms with Gasteiger partial charge >= 0.3 is 0 Å². The van der Waals surface area contributed by atoms with Crippen LogP contribution in [-0.2, 0) is 0 Å². The second-order valence-corrected chi connectivity index (χ2v) is 4.58. The maximum absolute atomic E-state index is 14.1. The van der Waals surface area contributed by atoms with Gasteiger partial charge in [0.05, 0.1) is 11.3 Å². The van der Waals surface area contributed by atoms with Crippen LogP contribution in [0.5, 0.6) is 0 Å². The van der Waals surface area contributed by atoms with Crippen molar-refractivity contribution in [3.63, 3.8) is 0 Å². The van der Waals surface area contributed by atoms with Crippen molar-refractivity contribution in [2.75, 3.05) is 0 Å². The maximum atomic E-state index is 14.1. The molecule has 0 radical (unpaired) electrons. The van der Waals surface area contributed by atoms with Gasteiger partial charge in [-0.2, -0.15) is 0 Å². The molecule has 1 aromatic heterocycles. The van der Waals surface area contributed by atoms with Gasteiger partial charge in [-0.3, -0.25) is 4.98 Å². The van der Waals surface area contributed by atoms with Crippen LogP contribution in [0.15, 0.2) is 60.8 Å². The molecular formula is C18H13F2N. The fourth-order valence-corrected chi connectivity index (χ4v) is 2.18. The van der Waals surface area contributed by atoms with E-state index in [1.807, 2.05) is 6.07 Å². The standard InChI is InChI=1S/C18H13F2N/c1-12-10-17(13-6-3-2-4-7-13)21-11-14(12)18-15(19)8-5-9-16(18)20/h2-11H,1H3/i1D3. The van der Waals surface area contributed by atoms with Crippen molar-refractivity contribution in [3.8, 4) is 22.4 Å². The fraction of sp³-hybridized carbons (Fsp3) is 0.0556. The Labute approximate surface area is 126 Å². The minimum absolute atomic E-state index is 0.0646. The average Bonchev–Trinajstić information content (AvgIpc) is 2.55. The Balaban J connectivity index is 2.25. The third kappa shape index (κ3) is 2.55. The largest absolute Gasteiger partial charge is 0.256 e. The van der Waals surface area contributed by atoms with Crippen LogP contribution in [0.1, 0.15) is 9.68 Å². The van der Waals surface area contributed by atoms with Gasteiger partial charge in [-0.1, -0.05) is 36.4 Å². The van der Waals surface area contributed by atoms with Crippen molar-refractivity contribution < 1.29 is 12.9 Å². The zero-order valence-corrected chi connectivity index (χ0v) is 11.0. The van der Waals surface area contributed by atoms with E-state index >= 15 is 0 Å². The maximum Gasteiger partial charge on any atom is 0.134 e. The smallest absolute Gasteiger partial charge is 0.134 e. The Morgan fingerprint density at radius 3 is 2.33 bits per heavy atom. The van der Waals surface area contributed by atoms with Crippen molar-refractivity contribution >= 4 is 0 Å². The zero-order valence-electron chi connectivity index (χ0n) is 14.0. The summed E-state index contributed by atoms with van der Waals surface area (Å²) in [5.74, 6) is -1.65. The van der Waals surface area contributed by atoms with Crippen LogP contribution in [-0.4, -0.2) is 4.98 Å². The van der Waals surface area contributed by atoms with Gasteiger partial charge < -0.3 is 0 Å². The van der Waals surface area contributed by atoms with Crippen LogP contribution in [0.25, 0.3) is 22.4 Å². The lowest BCUT2D eigenvalue weighted by Crippen LogP contribution is -1.94. The van der Waals surface area contributed by atoms with Gasteiger partial charge in [0, 0.05) is 21.4 Å². The summed E-state index contributed by atoms with van der Waals surface area (Å²) in [6.07, 6.45) is 1.21. The summed E-state index contributed by atoms with van der Waals surface area (Å²) in [6.45, 7) is -2.53. The molecule has 3 aromatic rings. The lowest BCUT2D eigenvalue weighted by atomic mass is 10.00. The van der Waals surface area contributed by atoms with E-state index in [9.17, 15) is 8.78 Å². The molecule has 0 saturated carbocycles. The first kappa shape index (κ1) is 10.2. The SMILES string of the molecule is [2H]C([2H])([2H])c1cc(-c2ccccc2)ncc1-c1c(F)cccc1F. The minimum Gasteiger partial charge on any atom is -0.256 e. The Bertz CT molecular complexity index is 857. The second kappa shape index (κ2) is 5.44. The molecule has 0 spiro atoms. The van der Waals surface area contributed by atoms with E-state index in [4.69, 9.17) is 4.11 Å². The molecule has 1 heterocycles. The monoisotopic (exact) mass is 284 g/mol. The average molecular weight is 284 g/mol. The minimum atomic E-state index is -2.53. The van der Waals surface area contributed by atoms with E-state index in [-0.39, 0.29) is 16.7 Å². The summed E-state index contributed by atoms with van der Waals surface area (Å²) in [7, 11) is 0. The van der Waals surface area contributed by atoms with E-state index in [2.05, 4.69) is 4.98 Å². The molecule has 3 heteroatoms.